The number of hydrogen-bond donors (Lipinski definition) is 0. The first-order valence-corrected chi connectivity index (χ1v) is 8.25. The molecule has 1 aromatic rings. The number of amides is 2. The number of non-ortho nitro benzene ring substituents is 1. The highest BCUT2D eigenvalue weighted by Crippen LogP contribution is 2.55. The van der Waals surface area contributed by atoms with Crippen molar-refractivity contribution < 1.29 is 28.7 Å². The lowest BCUT2D eigenvalue weighted by molar-refractivity contribution is -0.384. The fraction of sp³-hybridized carbons (Fsp3) is 0.412. The standard InChI is InChI=1S/C17H14N2O7/c20-14-12-11-4-5-17(26-11,16-24-6-7-25-16)13(12)15(21)18(14)9-2-1-3-10(8-9)19(22)23/h1-5,8,11-13,16H,6-7H2/t11-,12-,13-,17-/m1/s1. The Morgan fingerprint density at radius 1 is 1.19 bits per heavy atom. The molecule has 2 bridgehead atoms. The Kier molecular flexibility index (Phi) is 3.12. The number of imide groups is 1. The first-order chi connectivity index (χ1) is 12.5. The van der Waals surface area contributed by atoms with Crippen molar-refractivity contribution >= 4 is 23.2 Å². The van der Waals surface area contributed by atoms with Crippen molar-refractivity contribution in [2.24, 2.45) is 11.8 Å². The van der Waals surface area contributed by atoms with Crippen LogP contribution in [0.1, 0.15) is 0 Å². The third-order valence-corrected chi connectivity index (χ3v) is 5.37. The van der Waals surface area contributed by atoms with E-state index in [1.807, 2.05) is 0 Å². The van der Waals surface area contributed by atoms with Crippen LogP contribution >= 0.6 is 0 Å². The lowest BCUT2D eigenvalue weighted by atomic mass is 9.76. The SMILES string of the molecule is O=C1[C@@H]2[C@H]3C=C[C@@](C4OCCO4)(O3)[C@H]2C(=O)N1c1cccc([N+](=O)[O-])c1. The average molecular weight is 358 g/mol. The number of nitrogens with zero attached hydrogens (tertiary/aromatic N) is 2. The van der Waals surface area contributed by atoms with Gasteiger partial charge in [-0.05, 0) is 12.1 Å². The molecule has 5 rings (SSSR count). The van der Waals surface area contributed by atoms with E-state index in [0.29, 0.717) is 13.2 Å². The highest BCUT2D eigenvalue weighted by atomic mass is 16.7. The van der Waals surface area contributed by atoms with Gasteiger partial charge in [0.2, 0.25) is 11.8 Å². The number of nitro groups is 1. The normalized spacial score (nSPS) is 35.5. The highest BCUT2D eigenvalue weighted by molar-refractivity contribution is 6.23. The fourth-order valence-electron chi connectivity index (χ4n) is 4.33. The third kappa shape index (κ3) is 1.84. The molecule has 4 heterocycles. The van der Waals surface area contributed by atoms with Gasteiger partial charge < -0.3 is 14.2 Å². The first-order valence-electron chi connectivity index (χ1n) is 8.25. The lowest BCUT2D eigenvalue weighted by Gasteiger charge is -2.32. The van der Waals surface area contributed by atoms with E-state index < -0.39 is 46.6 Å². The molecule has 0 spiro atoms. The molecule has 1 aromatic carbocycles. The van der Waals surface area contributed by atoms with Crippen molar-refractivity contribution in [1.82, 2.24) is 0 Å². The maximum absolute atomic E-state index is 13.1. The van der Waals surface area contributed by atoms with Crippen LogP contribution in [0.2, 0.25) is 0 Å². The third-order valence-electron chi connectivity index (χ3n) is 5.37. The summed E-state index contributed by atoms with van der Waals surface area (Å²) in [5.41, 5.74) is -1.13. The summed E-state index contributed by atoms with van der Waals surface area (Å²) in [5.74, 6) is -2.33. The number of benzene rings is 1. The molecule has 4 aliphatic heterocycles. The second kappa shape index (κ2) is 5.19. The van der Waals surface area contributed by atoms with Crippen LogP contribution in [-0.4, -0.2) is 47.9 Å². The summed E-state index contributed by atoms with van der Waals surface area (Å²) < 4.78 is 17.1. The lowest BCUT2D eigenvalue weighted by Crippen LogP contribution is -2.49. The minimum atomic E-state index is -1.13. The summed E-state index contributed by atoms with van der Waals surface area (Å²) in [5, 5.41) is 11.0. The van der Waals surface area contributed by atoms with Gasteiger partial charge in [0.15, 0.2) is 11.9 Å². The van der Waals surface area contributed by atoms with Crippen LogP contribution in [0.3, 0.4) is 0 Å². The summed E-state index contributed by atoms with van der Waals surface area (Å²) in [6, 6.07) is 5.49. The number of ether oxygens (including phenoxy) is 3. The van der Waals surface area contributed by atoms with Crippen molar-refractivity contribution in [2.45, 2.75) is 18.0 Å². The first kappa shape index (κ1) is 15.6. The van der Waals surface area contributed by atoms with Gasteiger partial charge in [-0.3, -0.25) is 19.7 Å². The van der Waals surface area contributed by atoms with Gasteiger partial charge in [-0.15, -0.1) is 0 Å². The van der Waals surface area contributed by atoms with Crippen LogP contribution in [0.25, 0.3) is 0 Å². The summed E-state index contributed by atoms with van der Waals surface area (Å²) in [6.07, 6.45) is 2.22. The Morgan fingerprint density at radius 3 is 2.69 bits per heavy atom. The van der Waals surface area contributed by atoms with Gasteiger partial charge in [-0.25, -0.2) is 4.90 Å². The van der Waals surface area contributed by atoms with Crippen LogP contribution in [0, 0.1) is 22.0 Å². The van der Waals surface area contributed by atoms with E-state index in [2.05, 4.69) is 0 Å². The number of nitro benzene ring substituents is 1. The van der Waals surface area contributed by atoms with E-state index in [9.17, 15) is 19.7 Å². The Hall–Kier alpha value is -2.62. The number of fused-ring (bicyclic) bond motifs is 5. The molecule has 3 fully saturated rings. The zero-order valence-corrected chi connectivity index (χ0v) is 13.4. The summed E-state index contributed by atoms with van der Waals surface area (Å²) in [4.78, 5) is 37.6. The van der Waals surface area contributed by atoms with Crippen molar-refractivity contribution in [3.8, 4) is 0 Å². The molecule has 3 saturated heterocycles. The molecule has 0 aromatic heterocycles. The minimum Gasteiger partial charge on any atom is -0.357 e. The summed E-state index contributed by atoms with van der Waals surface area (Å²) >= 11 is 0. The molecule has 9 heteroatoms. The molecule has 134 valence electrons. The predicted octanol–water partition coefficient (Wildman–Crippen LogP) is 0.781. The number of anilines is 1. The fourth-order valence-corrected chi connectivity index (χ4v) is 4.33. The minimum absolute atomic E-state index is 0.185. The quantitative estimate of drug-likeness (QED) is 0.340. The van der Waals surface area contributed by atoms with Crippen LogP contribution < -0.4 is 4.90 Å². The van der Waals surface area contributed by atoms with Crippen molar-refractivity contribution in [3.05, 3.63) is 46.5 Å². The van der Waals surface area contributed by atoms with Gasteiger partial charge in [0.05, 0.1) is 41.8 Å². The number of hydrogen-bond acceptors (Lipinski definition) is 7. The van der Waals surface area contributed by atoms with E-state index >= 15 is 0 Å². The Morgan fingerprint density at radius 2 is 1.96 bits per heavy atom. The van der Waals surface area contributed by atoms with E-state index in [0.717, 1.165) is 4.90 Å². The van der Waals surface area contributed by atoms with Gasteiger partial charge in [0, 0.05) is 12.1 Å². The second-order valence-corrected chi connectivity index (χ2v) is 6.66. The van der Waals surface area contributed by atoms with E-state index in [-0.39, 0.29) is 11.4 Å². The van der Waals surface area contributed by atoms with E-state index in [4.69, 9.17) is 14.2 Å². The second-order valence-electron chi connectivity index (χ2n) is 6.66. The Labute approximate surface area is 147 Å². The maximum atomic E-state index is 13.1. The Balaban J connectivity index is 1.55. The molecule has 0 unspecified atom stereocenters. The van der Waals surface area contributed by atoms with Gasteiger partial charge in [0.25, 0.3) is 5.69 Å². The molecular weight excluding hydrogens is 344 g/mol. The van der Waals surface area contributed by atoms with E-state index in [1.165, 1.54) is 24.3 Å². The molecule has 0 aliphatic carbocycles. The van der Waals surface area contributed by atoms with Gasteiger partial charge in [-0.2, -0.15) is 0 Å². The van der Waals surface area contributed by atoms with E-state index in [1.54, 1.807) is 12.2 Å². The molecule has 0 N–H and O–H groups in total. The van der Waals surface area contributed by atoms with Crippen molar-refractivity contribution in [3.63, 3.8) is 0 Å². The average Bonchev–Trinajstić information content (AvgIpc) is 3.38. The number of carbonyl (C=O) groups is 2. The van der Waals surface area contributed by atoms with Gasteiger partial charge in [-0.1, -0.05) is 12.1 Å². The molecule has 9 nitrogen and oxygen atoms in total. The molecule has 4 atom stereocenters. The van der Waals surface area contributed by atoms with Crippen LogP contribution in [0.15, 0.2) is 36.4 Å². The highest BCUT2D eigenvalue weighted by Gasteiger charge is 2.71. The molecule has 0 radical (unpaired) electrons. The van der Waals surface area contributed by atoms with Crippen molar-refractivity contribution in [1.29, 1.82) is 0 Å². The molecule has 4 aliphatic rings. The molecule has 2 amide bonds. The summed E-state index contributed by atoms with van der Waals surface area (Å²) in [6.45, 7) is 0.783. The number of rotatable bonds is 3. The van der Waals surface area contributed by atoms with Crippen LogP contribution in [0.5, 0.6) is 0 Å². The predicted molar refractivity (Wildman–Crippen MR) is 85.0 cm³/mol. The van der Waals surface area contributed by atoms with Gasteiger partial charge in [0.1, 0.15) is 0 Å². The van der Waals surface area contributed by atoms with Crippen molar-refractivity contribution in [2.75, 3.05) is 18.1 Å². The smallest absolute Gasteiger partial charge is 0.271 e. The monoisotopic (exact) mass is 358 g/mol. The zero-order valence-electron chi connectivity index (χ0n) is 13.4. The van der Waals surface area contributed by atoms with Crippen LogP contribution in [0.4, 0.5) is 11.4 Å². The molecule has 0 saturated carbocycles. The molecule has 26 heavy (non-hydrogen) atoms. The largest absolute Gasteiger partial charge is 0.357 e. The van der Waals surface area contributed by atoms with Gasteiger partial charge >= 0.3 is 0 Å². The topological polar surface area (TPSA) is 108 Å². The van der Waals surface area contributed by atoms with Crippen LogP contribution in [-0.2, 0) is 23.8 Å². The summed E-state index contributed by atoms with van der Waals surface area (Å²) in [7, 11) is 0. The Bertz CT molecular complexity index is 862. The maximum Gasteiger partial charge on any atom is 0.271 e. The zero-order chi connectivity index (χ0) is 18.1. The molecular formula is C17H14N2O7. The number of carbonyl (C=O) groups excluding carboxylic acids is 2.